The van der Waals surface area contributed by atoms with Gasteiger partial charge in [-0.25, -0.2) is 0 Å². The number of piperazine rings is 1. The Morgan fingerprint density at radius 2 is 1.71 bits per heavy atom. The van der Waals surface area contributed by atoms with E-state index in [0.717, 1.165) is 0 Å². The molecule has 0 radical (unpaired) electrons. The summed E-state index contributed by atoms with van der Waals surface area (Å²) in [7, 11) is 0. The number of carbonyl (C=O) groups excluding carboxylic acids is 2. The van der Waals surface area contributed by atoms with Gasteiger partial charge in [-0.05, 0) is 19.1 Å². The molecule has 0 unspecified atom stereocenters. The topological polar surface area (TPSA) is 66.7 Å². The van der Waals surface area contributed by atoms with Gasteiger partial charge in [0.05, 0.1) is 15.6 Å². The average molecular weight is 368 g/mol. The number of rotatable bonds is 2. The number of aromatic nitrogens is 1. The van der Waals surface area contributed by atoms with Gasteiger partial charge in [-0.2, -0.15) is 0 Å². The molecule has 3 rings (SSSR count). The minimum Gasteiger partial charge on any atom is -0.361 e. The minimum atomic E-state index is -0.195. The van der Waals surface area contributed by atoms with E-state index in [1.54, 1.807) is 41.0 Å². The molecule has 8 heteroatoms. The standard InChI is InChI=1S/C16H15Cl2N3O3/c1-10-9-13(19-24-10)16(23)21-7-5-20(6-8-21)15(22)11-3-2-4-12(17)14(11)18/h2-4,9H,5-8H2,1H3. The van der Waals surface area contributed by atoms with Gasteiger partial charge in [0.1, 0.15) is 5.76 Å². The van der Waals surface area contributed by atoms with E-state index in [1.807, 2.05) is 0 Å². The number of benzene rings is 1. The quantitative estimate of drug-likeness (QED) is 0.818. The summed E-state index contributed by atoms with van der Waals surface area (Å²) in [5, 5.41) is 4.33. The molecule has 1 aromatic heterocycles. The van der Waals surface area contributed by atoms with Crippen molar-refractivity contribution in [3.8, 4) is 0 Å². The molecule has 0 aliphatic carbocycles. The summed E-state index contributed by atoms with van der Waals surface area (Å²) in [5.41, 5.74) is 0.654. The van der Waals surface area contributed by atoms with Crippen LogP contribution in [0, 0.1) is 6.92 Å². The van der Waals surface area contributed by atoms with Crippen LogP contribution in [0.15, 0.2) is 28.8 Å². The van der Waals surface area contributed by atoms with Gasteiger partial charge < -0.3 is 14.3 Å². The first kappa shape index (κ1) is 16.8. The normalized spacial score (nSPS) is 14.8. The number of carbonyl (C=O) groups is 2. The van der Waals surface area contributed by atoms with Crippen LogP contribution >= 0.6 is 23.2 Å². The van der Waals surface area contributed by atoms with Gasteiger partial charge in [-0.15, -0.1) is 0 Å². The molecule has 0 saturated carbocycles. The van der Waals surface area contributed by atoms with Gasteiger partial charge in [0.15, 0.2) is 5.69 Å². The molecule has 2 aromatic rings. The smallest absolute Gasteiger partial charge is 0.276 e. The number of nitrogens with zero attached hydrogens (tertiary/aromatic N) is 3. The van der Waals surface area contributed by atoms with E-state index < -0.39 is 0 Å². The van der Waals surface area contributed by atoms with E-state index in [0.29, 0.717) is 42.5 Å². The Hall–Kier alpha value is -2.05. The van der Waals surface area contributed by atoms with Crippen molar-refractivity contribution >= 4 is 35.0 Å². The zero-order chi connectivity index (χ0) is 17.3. The Kier molecular flexibility index (Phi) is 4.78. The monoisotopic (exact) mass is 367 g/mol. The van der Waals surface area contributed by atoms with E-state index in [2.05, 4.69) is 5.16 Å². The van der Waals surface area contributed by atoms with Crippen LogP contribution in [-0.2, 0) is 0 Å². The van der Waals surface area contributed by atoms with Crippen molar-refractivity contribution in [2.45, 2.75) is 6.92 Å². The fourth-order valence-corrected chi connectivity index (χ4v) is 2.96. The van der Waals surface area contributed by atoms with Crippen LogP contribution in [0.5, 0.6) is 0 Å². The van der Waals surface area contributed by atoms with Crippen molar-refractivity contribution in [3.05, 3.63) is 51.3 Å². The largest absolute Gasteiger partial charge is 0.361 e. The summed E-state index contributed by atoms with van der Waals surface area (Å²) >= 11 is 12.1. The molecule has 24 heavy (non-hydrogen) atoms. The van der Waals surface area contributed by atoms with Crippen LogP contribution in [0.2, 0.25) is 10.0 Å². The van der Waals surface area contributed by atoms with E-state index in [-0.39, 0.29) is 22.5 Å². The lowest BCUT2D eigenvalue weighted by Crippen LogP contribution is -2.50. The van der Waals surface area contributed by atoms with Crippen molar-refractivity contribution < 1.29 is 14.1 Å². The van der Waals surface area contributed by atoms with Gasteiger partial charge in [0.25, 0.3) is 11.8 Å². The Morgan fingerprint density at radius 1 is 1.08 bits per heavy atom. The molecule has 1 aliphatic rings. The zero-order valence-corrected chi connectivity index (χ0v) is 14.5. The van der Waals surface area contributed by atoms with E-state index in [9.17, 15) is 9.59 Å². The number of aryl methyl sites for hydroxylation is 1. The second-order valence-corrected chi connectivity index (χ2v) is 6.29. The van der Waals surface area contributed by atoms with Crippen molar-refractivity contribution in [2.24, 2.45) is 0 Å². The maximum Gasteiger partial charge on any atom is 0.276 e. The SMILES string of the molecule is Cc1cc(C(=O)N2CCN(C(=O)c3cccc(Cl)c3Cl)CC2)no1. The summed E-state index contributed by atoms with van der Waals surface area (Å²) < 4.78 is 4.93. The van der Waals surface area contributed by atoms with Gasteiger partial charge in [-0.3, -0.25) is 9.59 Å². The van der Waals surface area contributed by atoms with Crippen molar-refractivity contribution in [3.63, 3.8) is 0 Å². The third kappa shape index (κ3) is 3.25. The first-order valence-corrected chi connectivity index (χ1v) is 8.19. The van der Waals surface area contributed by atoms with Crippen molar-refractivity contribution in [2.75, 3.05) is 26.2 Å². The van der Waals surface area contributed by atoms with Crippen LogP contribution in [0.3, 0.4) is 0 Å². The van der Waals surface area contributed by atoms with Crippen molar-refractivity contribution in [1.29, 1.82) is 0 Å². The molecule has 1 fully saturated rings. The molecule has 0 N–H and O–H groups in total. The van der Waals surface area contributed by atoms with Crippen LogP contribution in [-0.4, -0.2) is 52.9 Å². The molecule has 1 aliphatic heterocycles. The predicted octanol–water partition coefficient (Wildman–Crippen LogP) is 2.89. The molecular formula is C16H15Cl2N3O3. The van der Waals surface area contributed by atoms with Crippen LogP contribution in [0.4, 0.5) is 0 Å². The number of hydrogen-bond donors (Lipinski definition) is 0. The third-order valence-electron chi connectivity index (χ3n) is 3.88. The predicted molar refractivity (Wildman–Crippen MR) is 89.5 cm³/mol. The summed E-state index contributed by atoms with van der Waals surface area (Å²) in [6.45, 7) is 3.42. The Balaban J connectivity index is 1.65. The maximum absolute atomic E-state index is 12.6. The van der Waals surface area contributed by atoms with E-state index in [1.165, 1.54) is 0 Å². The molecule has 1 aromatic carbocycles. The molecule has 0 bridgehead atoms. The number of hydrogen-bond acceptors (Lipinski definition) is 4. The summed E-state index contributed by atoms with van der Waals surface area (Å²) in [6.07, 6.45) is 0. The molecular weight excluding hydrogens is 353 g/mol. The second-order valence-electron chi connectivity index (χ2n) is 5.51. The van der Waals surface area contributed by atoms with Crippen molar-refractivity contribution in [1.82, 2.24) is 15.0 Å². The van der Waals surface area contributed by atoms with Crippen LogP contribution in [0.25, 0.3) is 0 Å². The summed E-state index contributed by atoms with van der Waals surface area (Å²) in [6, 6.07) is 6.57. The van der Waals surface area contributed by atoms with E-state index in [4.69, 9.17) is 27.7 Å². The molecule has 2 heterocycles. The number of amides is 2. The highest BCUT2D eigenvalue weighted by molar-refractivity contribution is 6.43. The maximum atomic E-state index is 12.6. The lowest BCUT2D eigenvalue weighted by Gasteiger charge is -2.34. The lowest BCUT2D eigenvalue weighted by atomic mass is 10.1. The molecule has 1 saturated heterocycles. The fourth-order valence-electron chi connectivity index (χ4n) is 2.58. The molecule has 6 nitrogen and oxygen atoms in total. The van der Waals surface area contributed by atoms with Gasteiger partial charge in [-0.1, -0.05) is 34.4 Å². The zero-order valence-electron chi connectivity index (χ0n) is 13.0. The molecule has 0 atom stereocenters. The van der Waals surface area contributed by atoms with Gasteiger partial charge in [0.2, 0.25) is 0 Å². The highest BCUT2D eigenvalue weighted by Crippen LogP contribution is 2.26. The van der Waals surface area contributed by atoms with Crippen LogP contribution in [0.1, 0.15) is 26.6 Å². The van der Waals surface area contributed by atoms with Gasteiger partial charge in [0, 0.05) is 32.2 Å². The highest BCUT2D eigenvalue weighted by Gasteiger charge is 2.28. The first-order valence-electron chi connectivity index (χ1n) is 7.43. The molecule has 2 amide bonds. The summed E-state index contributed by atoms with van der Waals surface area (Å²) in [4.78, 5) is 28.2. The minimum absolute atomic E-state index is 0.188. The first-order chi connectivity index (χ1) is 11.5. The summed E-state index contributed by atoms with van der Waals surface area (Å²) in [5.74, 6) is 0.203. The number of halogens is 2. The lowest BCUT2D eigenvalue weighted by molar-refractivity contribution is 0.0530. The Morgan fingerprint density at radius 3 is 2.29 bits per heavy atom. The fraction of sp³-hybridized carbons (Fsp3) is 0.312. The van der Waals surface area contributed by atoms with Gasteiger partial charge >= 0.3 is 0 Å². The average Bonchev–Trinajstić information content (AvgIpc) is 3.03. The Labute approximate surface area is 148 Å². The third-order valence-corrected chi connectivity index (χ3v) is 4.70. The molecule has 0 spiro atoms. The van der Waals surface area contributed by atoms with Crippen LogP contribution < -0.4 is 0 Å². The second kappa shape index (κ2) is 6.83. The van der Waals surface area contributed by atoms with E-state index >= 15 is 0 Å². The Bertz CT molecular complexity index is 783. The molecule has 126 valence electrons. The highest BCUT2D eigenvalue weighted by atomic mass is 35.5.